The van der Waals surface area contributed by atoms with Gasteiger partial charge in [-0.3, -0.25) is 18.6 Å². The van der Waals surface area contributed by atoms with Crippen LogP contribution in [-0.4, -0.2) is 36.3 Å². The summed E-state index contributed by atoms with van der Waals surface area (Å²) in [5.74, 6) is -0.408. The largest absolute Gasteiger partial charge is 0.476 e. The molecule has 4 aromatic rings. The first-order valence-corrected chi connectivity index (χ1v) is 13.2. The third kappa shape index (κ3) is 4.38. The number of para-hydroxylation sites is 3. The average Bonchev–Trinajstić information content (AvgIpc) is 3.11. The van der Waals surface area contributed by atoms with Crippen LogP contribution in [-0.2, 0) is 21.9 Å². The molecule has 37 heavy (non-hydrogen) atoms. The second kappa shape index (κ2) is 9.45. The Morgan fingerprint density at radius 1 is 1.00 bits per heavy atom. The van der Waals surface area contributed by atoms with Gasteiger partial charge in [0.1, 0.15) is 11.4 Å². The summed E-state index contributed by atoms with van der Waals surface area (Å²) in [6.07, 6.45) is -1.21. The highest BCUT2D eigenvalue weighted by atomic mass is 35.5. The lowest BCUT2D eigenvalue weighted by Crippen LogP contribution is -2.49. The smallest absolute Gasteiger partial charge is 0.295 e. The standard InChI is InChI=1S/C26H23ClN4O5S/c1-17-24(26(33)31(29(17)2)19-8-4-3-5-9-19)28-25(32)23-16-30(21-10-6-7-11-22(21)36-23)37(34,35)20-14-12-18(27)13-15-20/h3-15,23H,16H2,1-2H3,(H,28,32). The van der Waals surface area contributed by atoms with Crippen molar-refractivity contribution in [2.45, 2.75) is 17.9 Å². The van der Waals surface area contributed by atoms with Gasteiger partial charge in [-0.25, -0.2) is 13.1 Å². The highest BCUT2D eigenvalue weighted by Crippen LogP contribution is 2.37. The molecule has 0 saturated heterocycles. The van der Waals surface area contributed by atoms with E-state index in [2.05, 4.69) is 5.32 Å². The van der Waals surface area contributed by atoms with Gasteiger partial charge in [-0.05, 0) is 55.5 Å². The van der Waals surface area contributed by atoms with E-state index in [1.165, 1.54) is 28.9 Å². The minimum atomic E-state index is -4.04. The molecule has 1 aliphatic heterocycles. The molecule has 3 aromatic carbocycles. The zero-order chi connectivity index (χ0) is 26.3. The molecule has 11 heteroatoms. The van der Waals surface area contributed by atoms with Crippen molar-refractivity contribution in [3.63, 3.8) is 0 Å². The molecule has 9 nitrogen and oxygen atoms in total. The summed E-state index contributed by atoms with van der Waals surface area (Å²) in [5, 5.41) is 3.07. The molecule has 2 heterocycles. The predicted octanol–water partition coefficient (Wildman–Crippen LogP) is 3.73. The lowest BCUT2D eigenvalue weighted by atomic mass is 10.2. The summed E-state index contributed by atoms with van der Waals surface area (Å²) >= 11 is 5.94. The third-order valence-electron chi connectivity index (χ3n) is 6.23. The second-order valence-electron chi connectivity index (χ2n) is 8.49. The number of hydrogen-bond donors (Lipinski definition) is 1. The van der Waals surface area contributed by atoms with Gasteiger partial charge in [0.25, 0.3) is 21.5 Å². The number of amides is 1. The van der Waals surface area contributed by atoms with Crippen molar-refractivity contribution < 1.29 is 17.9 Å². The normalized spacial score (nSPS) is 15.1. The van der Waals surface area contributed by atoms with Crippen molar-refractivity contribution in [1.29, 1.82) is 0 Å². The number of carbonyl (C=O) groups excluding carboxylic acids is 1. The molecule has 1 amide bonds. The molecule has 1 unspecified atom stereocenters. The van der Waals surface area contributed by atoms with E-state index in [1.54, 1.807) is 55.1 Å². The van der Waals surface area contributed by atoms with E-state index in [-0.39, 0.29) is 22.9 Å². The molecule has 0 spiro atoms. The van der Waals surface area contributed by atoms with Crippen LogP contribution in [0.4, 0.5) is 11.4 Å². The molecule has 0 radical (unpaired) electrons. The van der Waals surface area contributed by atoms with Gasteiger partial charge in [-0.1, -0.05) is 41.9 Å². The molecule has 1 aromatic heterocycles. The SMILES string of the molecule is Cc1c(NC(=O)C2CN(S(=O)(=O)c3ccc(Cl)cc3)c3ccccc3O2)c(=O)n(-c2ccccc2)n1C. The number of rotatable bonds is 5. The number of anilines is 2. The Bertz CT molecular complexity index is 1650. The van der Waals surface area contributed by atoms with E-state index in [1.807, 2.05) is 18.2 Å². The zero-order valence-corrected chi connectivity index (χ0v) is 21.5. The van der Waals surface area contributed by atoms with Gasteiger partial charge < -0.3 is 10.1 Å². The number of nitrogens with one attached hydrogen (secondary N) is 1. The second-order valence-corrected chi connectivity index (χ2v) is 10.8. The number of hydrogen-bond acceptors (Lipinski definition) is 5. The van der Waals surface area contributed by atoms with Gasteiger partial charge in [0.05, 0.1) is 28.5 Å². The highest BCUT2D eigenvalue weighted by Gasteiger charge is 2.38. The Morgan fingerprint density at radius 3 is 2.35 bits per heavy atom. The topological polar surface area (TPSA) is 103 Å². The first-order valence-electron chi connectivity index (χ1n) is 11.4. The summed E-state index contributed by atoms with van der Waals surface area (Å²) in [5.41, 5.74) is 1.15. The minimum Gasteiger partial charge on any atom is -0.476 e. The van der Waals surface area contributed by atoms with Gasteiger partial charge in [-0.2, -0.15) is 0 Å². The Balaban J connectivity index is 1.48. The average molecular weight is 539 g/mol. The van der Waals surface area contributed by atoms with Crippen LogP contribution < -0.4 is 19.9 Å². The Morgan fingerprint density at radius 2 is 1.65 bits per heavy atom. The first kappa shape index (κ1) is 24.7. The van der Waals surface area contributed by atoms with Crippen molar-refractivity contribution in [3.05, 3.63) is 99.9 Å². The molecule has 0 aliphatic carbocycles. The lowest BCUT2D eigenvalue weighted by molar-refractivity contribution is -0.122. The number of aromatic nitrogens is 2. The molecule has 1 atom stereocenters. The predicted molar refractivity (Wildman–Crippen MR) is 141 cm³/mol. The maximum Gasteiger partial charge on any atom is 0.295 e. The van der Waals surface area contributed by atoms with Crippen molar-refractivity contribution in [2.24, 2.45) is 7.05 Å². The van der Waals surface area contributed by atoms with Crippen molar-refractivity contribution in [3.8, 4) is 11.4 Å². The van der Waals surface area contributed by atoms with Crippen LogP contribution in [0.25, 0.3) is 5.69 Å². The van der Waals surface area contributed by atoms with Crippen LogP contribution >= 0.6 is 11.6 Å². The van der Waals surface area contributed by atoms with E-state index in [0.29, 0.717) is 22.1 Å². The van der Waals surface area contributed by atoms with Crippen LogP contribution in [0, 0.1) is 6.92 Å². The van der Waals surface area contributed by atoms with E-state index in [0.717, 1.165) is 4.31 Å². The monoisotopic (exact) mass is 538 g/mol. The summed E-state index contributed by atoms with van der Waals surface area (Å²) in [4.78, 5) is 26.6. The first-order chi connectivity index (χ1) is 17.7. The fourth-order valence-corrected chi connectivity index (χ4v) is 5.82. The molecule has 1 N–H and O–H groups in total. The Labute approximate surface area is 218 Å². The summed E-state index contributed by atoms with van der Waals surface area (Å²) in [6, 6.07) is 21.4. The van der Waals surface area contributed by atoms with Crippen molar-refractivity contribution >= 4 is 38.9 Å². The third-order valence-corrected chi connectivity index (χ3v) is 8.28. The van der Waals surface area contributed by atoms with Crippen molar-refractivity contribution in [1.82, 2.24) is 9.36 Å². The fraction of sp³-hybridized carbons (Fsp3) is 0.154. The zero-order valence-electron chi connectivity index (χ0n) is 20.0. The number of carbonyl (C=O) groups is 1. The summed E-state index contributed by atoms with van der Waals surface area (Å²) < 4.78 is 37.2. The molecule has 0 bridgehead atoms. The number of benzene rings is 3. The minimum absolute atomic E-state index is 0.0254. The number of fused-ring (bicyclic) bond motifs is 1. The summed E-state index contributed by atoms with van der Waals surface area (Å²) in [6.45, 7) is 1.43. The Kier molecular flexibility index (Phi) is 6.30. The number of sulfonamides is 1. The number of ether oxygens (including phenoxy) is 1. The molecular weight excluding hydrogens is 516 g/mol. The highest BCUT2D eigenvalue weighted by molar-refractivity contribution is 7.92. The molecule has 0 fully saturated rings. The summed E-state index contributed by atoms with van der Waals surface area (Å²) in [7, 11) is -2.33. The van der Waals surface area contributed by atoms with Gasteiger partial charge >= 0.3 is 0 Å². The van der Waals surface area contributed by atoms with Gasteiger partial charge in [0.15, 0.2) is 6.10 Å². The van der Waals surface area contributed by atoms with Crippen molar-refractivity contribution in [2.75, 3.05) is 16.2 Å². The van der Waals surface area contributed by atoms with Crippen LogP contribution in [0.1, 0.15) is 5.69 Å². The van der Waals surface area contributed by atoms with E-state index in [4.69, 9.17) is 16.3 Å². The van der Waals surface area contributed by atoms with Gasteiger partial charge in [0, 0.05) is 12.1 Å². The van der Waals surface area contributed by atoms with Crippen LogP contribution in [0.15, 0.2) is 88.6 Å². The van der Waals surface area contributed by atoms with Gasteiger partial charge in [0.2, 0.25) is 0 Å². The molecule has 0 saturated carbocycles. The van der Waals surface area contributed by atoms with Crippen LogP contribution in [0.2, 0.25) is 5.02 Å². The number of nitrogens with zero attached hydrogens (tertiary/aromatic N) is 3. The lowest BCUT2D eigenvalue weighted by Gasteiger charge is -2.34. The maximum absolute atomic E-state index is 13.5. The molecule has 190 valence electrons. The number of halogens is 1. The van der Waals surface area contributed by atoms with Crippen LogP contribution in [0.3, 0.4) is 0 Å². The van der Waals surface area contributed by atoms with Crippen LogP contribution in [0.5, 0.6) is 5.75 Å². The van der Waals surface area contributed by atoms with E-state index < -0.39 is 27.6 Å². The molecular formula is C26H23ClN4O5S. The molecule has 1 aliphatic rings. The fourth-order valence-electron chi connectivity index (χ4n) is 4.22. The van der Waals surface area contributed by atoms with E-state index >= 15 is 0 Å². The quantitative estimate of drug-likeness (QED) is 0.417. The van der Waals surface area contributed by atoms with E-state index in [9.17, 15) is 18.0 Å². The van der Waals surface area contributed by atoms with Gasteiger partial charge in [-0.15, -0.1) is 0 Å². The molecule has 5 rings (SSSR count). The maximum atomic E-state index is 13.5. The Hall–Kier alpha value is -4.02.